The number of benzene rings is 1. The van der Waals surface area contributed by atoms with Crippen LogP contribution >= 0.6 is 11.6 Å². The minimum atomic E-state index is -5.97. The van der Waals surface area contributed by atoms with Gasteiger partial charge >= 0.3 is 18.0 Å². The van der Waals surface area contributed by atoms with Gasteiger partial charge < -0.3 is 10.1 Å². The molecule has 0 atom stereocenters. The molecule has 1 N–H and O–H groups in total. The minimum Gasteiger partial charge on any atom is -0.489 e. The van der Waals surface area contributed by atoms with Gasteiger partial charge in [-0.3, -0.25) is 4.79 Å². The topological polar surface area (TPSA) is 38.3 Å². The summed E-state index contributed by atoms with van der Waals surface area (Å²) in [5.74, 6) is -7.76. The van der Waals surface area contributed by atoms with Crippen LogP contribution in [0, 0.1) is 0 Å². The van der Waals surface area contributed by atoms with E-state index in [-0.39, 0.29) is 22.6 Å². The van der Waals surface area contributed by atoms with Crippen molar-refractivity contribution in [2.45, 2.75) is 32.1 Å². The Labute approximate surface area is 122 Å². The Bertz CT molecular complexity index is 531. The van der Waals surface area contributed by atoms with E-state index in [9.17, 15) is 26.7 Å². The Morgan fingerprint density at radius 3 is 2.24 bits per heavy atom. The lowest BCUT2D eigenvalue weighted by Gasteiger charge is -2.19. The van der Waals surface area contributed by atoms with Crippen molar-refractivity contribution >= 4 is 23.2 Å². The van der Waals surface area contributed by atoms with Crippen molar-refractivity contribution in [3.8, 4) is 5.75 Å². The highest BCUT2D eigenvalue weighted by atomic mass is 35.5. The van der Waals surface area contributed by atoms with E-state index in [1.807, 2.05) is 0 Å². The summed E-state index contributed by atoms with van der Waals surface area (Å²) in [6, 6.07) is 3.38. The molecule has 0 fully saturated rings. The Balaban J connectivity index is 2.90. The smallest absolute Gasteiger partial charge is 0.463 e. The first-order valence-corrected chi connectivity index (χ1v) is 6.05. The van der Waals surface area contributed by atoms with E-state index in [4.69, 9.17) is 16.3 Å². The molecular formula is C12H11ClF5NO2. The third-order valence-electron chi connectivity index (χ3n) is 2.19. The zero-order valence-electron chi connectivity index (χ0n) is 10.9. The Morgan fingerprint density at radius 2 is 1.81 bits per heavy atom. The molecule has 0 saturated heterocycles. The summed E-state index contributed by atoms with van der Waals surface area (Å²) >= 11 is 5.78. The largest absolute Gasteiger partial charge is 0.489 e. The van der Waals surface area contributed by atoms with Crippen LogP contribution < -0.4 is 10.1 Å². The summed E-state index contributed by atoms with van der Waals surface area (Å²) in [4.78, 5) is 11.0. The van der Waals surface area contributed by atoms with E-state index in [2.05, 4.69) is 0 Å². The predicted octanol–water partition coefficient (Wildman–Crippen LogP) is 4.26. The van der Waals surface area contributed by atoms with E-state index >= 15 is 0 Å². The van der Waals surface area contributed by atoms with Crippen LogP contribution in [0.1, 0.15) is 13.8 Å². The lowest BCUT2D eigenvalue weighted by Crippen LogP contribution is -2.47. The maximum Gasteiger partial charge on any atom is 0.463 e. The molecule has 0 bridgehead atoms. The average Bonchev–Trinajstić information content (AvgIpc) is 2.30. The number of rotatable bonds is 4. The van der Waals surface area contributed by atoms with Gasteiger partial charge in [-0.05, 0) is 32.0 Å². The van der Waals surface area contributed by atoms with E-state index in [0.29, 0.717) is 0 Å². The molecule has 0 radical (unpaired) electrons. The second-order valence-corrected chi connectivity index (χ2v) is 4.75. The standard InChI is InChI=1S/C12H11ClF5NO2/c1-6(2)21-9-4-3-7(5-8(9)13)19-10(20)11(14,15)12(16,17)18/h3-6H,1-2H3,(H,19,20). The van der Waals surface area contributed by atoms with Crippen molar-refractivity contribution in [2.75, 3.05) is 5.32 Å². The molecular weight excluding hydrogens is 321 g/mol. The highest BCUT2D eigenvalue weighted by Crippen LogP contribution is 2.37. The van der Waals surface area contributed by atoms with E-state index in [1.165, 1.54) is 11.4 Å². The molecule has 1 rings (SSSR count). The van der Waals surface area contributed by atoms with Gasteiger partial charge in [-0.1, -0.05) is 11.6 Å². The molecule has 21 heavy (non-hydrogen) atoms. The van der Waals surface area contributed by atoms with Gasteiger partial charge in [-0.2, -0.15) is 22.0 Å². The summed E-state index contributed by atoms with van der Waals surface area (Å²) in [5, 5.41) is 1.43. The molecule has 118 valence electrons. The third-order valence-corrected chi connectivity index (χ3v) is 2.49. The second-order valence-electron chi connectivity index (χ2n) is 4.34. The van der Waals surface area contributed by atoms with Gasteiger partial charge in [0.1, 0.15) is 5.75 Å². The van der Waals surface area contributed by atoms with Crippen LogP contribution in [0.25, 0.3) is 0 Å². The van der Waals surface area contributed by atoms with Crippen molar-refractivity contribution in [3.05, 3.63) is 23.2 Å². The zero-order valence-corrected chi connectivity index (χ0v) is 11.6. The highest BCUT2D eigenvalue weighted by Gasteiger charge is 2.63. The van der Waals surface area contributed by atoms with Crippen LogP contribution in [0.15, 0.2) is 18.2 Å². The fourth-order valence-corrected chi connectivity index (χ4v) is 1.49. The fraction of sp³-hybridized carbons (Fsp3) is 0.417. The number of carbonyl (C=O) groups excluding carboxylic acids is 1. The molecule has 0 aromatic heterocycles. The highest BCUT2D eigenvalue weighted by molar-refractivity contribution is 6.32. The van der Waals surface area contributed by atoms with Crippen molar-refractivity contribution in [1.82, 2.24) is 0 Å². The summed E-state index contributed by atoms with van der Waals surface area (Å²) < 4.78 is 66.8. The molecule has 0 aliphatic carbocycles. The number of ether oxygens (including phenoxy) is 1. The number of amides is 1. The van der Waals surface area contributed by atoms with Gasteiger partial charge in [0, 0.05) is 5.69 Å². The molecule has 0 aliphatic rings. The summed E-state index contributed by atoms with van der Waals surface area (Å²) in [5.41, 5.74) is -0.301. The van der Waals surface area contributed by atoms with Crippen molar-refractivity contribution in [1.29, 1.82) is 0 Å². The molecule has 0 aliphatic heterocycles. The van der Waals surface area contributed by atoms with E-state index in [0.717, 1.165) is 12.1 Å². The summed E-state index contributed by atoms with van der Waals surface area (Å²) in [6.07, 6.45) is -6.18. The van der Waals surface area contributed by atoms with Crippen LogP contribution in [0.4, 0.5) is 27.6 Å². The lowest BCUT2D eigenvalue weighted by atomic mass is 10.2. The van der Waals surface area contributed by atoms with E-state index in [1.54, 1.807) is 13.8 Å². The normalized spacial score (nSPS) is 12.4. The number of alkyl halides is 5. The predicted molar refractivity (Wildman–Crippen MR) is 66.8 cm³/mol. The number of nitrogens with one attached hydrogen (secondary N) is 1. The number of carbonyl (C=O) groups is 1. The average molecular weight is 332 g/mol. The monoisotopic (exact) mass is 331 g/mol. The fourth-order valence-electron chi connectivity index (χ4n) is 1.27. The summed E-state index contributed by atoms with van der Waals surface area (Å²) in [7, 11) is 0. The molecule has 9 heteroatoms. The van der Waals surface area contributed by atoms with Gasteiger partial charge in [0.15, 0.2) is 0 Å². The zero-order chi connectivity index (χ0) is 16.4. The van der Waals surface area contributed by atoms with E-state index < -0.39 is 18.0 Å². The first-order chi connectivity index (χ1) is 9.45. The molecule has 3 nitrogen and oxygen atoms in total. The number of hydrogen-bond donors (Lipinski definition) is 1. The maximum absolute atomic E-state index is 12.8. The minimum absolute atomic E-state index is 0.0307. The van der Waals surface area contributed by atoms with Gasteiger partial charge in [-0.25, -0.2) is 0 Å². The van der Waals surface area contributed by atoms with Crippen LogP contribution in [-0.2, 0) is 4.79 Å². The number of halogens is 6. The van der Waals surface area contributed by atoms with Gasteiger partial charge in [0.25, 0.3) is 0 Å². The van der Waals surface area contributed by atoms with Crippen molar-refractivity contribution in [2.24, 2.45) is 0 Å². The molecule has 0 heterocycles. The lowest BCUT2D eigenvalue weighted by molar-refractivity contribution is -0.267. The SMILES string of the molecule is CC(C)Oc1ccc(NC(=O)C(F)(F)C(F)(F)F)cc1Cl. The van der Waals surface area contributed by atoms with Crippen molar-refractivity contribution < 1.29 is 31.5 Å². The molecule has 1 aromatic rings. The quantitative estimate of drug-likeness (QED) is 0.837. The van der Waals surface area contributed by atoms with Crippen LogP contribution in [0.5, 0.6) is 5.75 Å². The first kappa shape index (κ1) is 17.5. The second kappa shape index (κ2) is 6.05. The molecule has 0 unspecified atom stereocenters. The molecule has 1 aromatic carbocycles. The molecule has 1 amide bonds. The third kappa shape index (κ3) is 4.20. The Kier molecular flexibility index (Phi) is 5.03. The molecule has 0 saturated carbocycles. The van der Waals surface area contributed by atoms with Crippen LogP contribution in [0.2, 0.25) is 5.02 Å². The van der Waals surface area contributed by atoms with Gasteiger partial charge in [0.2, 0.25) is 0 Å². The Hall–Kier alpha value is -1.57. The van der Waals surface area contributed by atoms with Gasteiger partial charge in [-0.15, -0.1) is 0 Å². The number of hydrogen-bond acceptors (Lipinski definition) is 2. The first-order valence-electron chi connectivity index (χ1n) is 5.67. The summed E-state index contributed by atoms with van der Waals surface area (Å²) in [6.45, 7) is 3.44. The van der Waals surface area contributed by atoms with Crippen LogP contribution in [0.3, 0.4) is 0 Å². The van der Waals surface area contributed by atoms with Crippen LogP contribution in [-0.4, -0.2) is 24.1 Å². The molecule has 0 spiro atoms. The maximum atomic E-state index is 12.8. The van der Waals surface area contributed by atoms with Crippen molar-refractivity contribution in [3.63, 3.8) is 0 Å². The van der Waals surface area contributed by atoms with Gasteiger partial charge in [0.05, 0.1) is 11.1 Å². The number of anilines is 1. The Morgan fingerprint density at radius 1 is 1.24 bits per heavy atom.